The Balaban J connectivity index is 3.99. The van der Waals surface area contributed by atoms with Crippen LogP contribution in [0.5, 0.6) is 0 Å². The quantitative estimate of drug-likeness (QED) is 0.469. The summed E-state index contributed by atoms with van der Waals surface area (Å²) in [6.45, 7) is 9.97. The fourth-order valence-electron chi connectivity index (χ4n) is 1.76. The number of aliphatic hydroxyl groups excluding tert-OH is 1. The van der Waals surface area contributed by atoms with Crippen LogP contribution in [0.2, 0.25) is 0 Å². The minimum atomic E-state index is 0.219. The highest BCUT2D eigenvalue weighted by Crippen LogP contribution is 1.97. The van der Waals surface area contributed by atoms with Gasteiger partial charge < -0.3 is 19.9 Å². The zero-order valence-corrected chi connectivity index (χ0v) is 12.2. The van der Waals surface area contributed by atoms with Gasteiger partial charge in [0.1, 0.15) is 0 Å². The smallest absolute Gasteiger partial charge is 0.0593 e. The third-order valence-electron chi connectivity index (χ3n) is 2.88. The summed E-state index contributed by atoms with van der Waals surface area (Å²) in [6, 6.07) is 0.318. The van der Waals surface area contributed by atoms with E-state index in [1.807, 2.05) is 20.9 Å². The molecule has 0 heterocycles. The lowest BCUT2D eigenvalue weighted by atomic mass is 10.2. The highest BCUT2D eigenvalue weighted by molar-refractivity contribution is 4.70. The standard InChI is InChI=1S/C13H30N2O3/c1-4-17-10-7-15(8-11-18-5-2)12-13(14-3)6-9-16/h13-14,16H,4-12H2,1-3H3. The summed E-state index contributed by atoms with van der Waals surface area (Å²) >= 11 is 0. The maximum Gasteiger partial charge on any atom is 0.0593 e. The molecule has 0 spiro atoms. The molecule has 5 nitrogen and oxygen atoms in total. The van der Waals surface area contributed by atoms with Crippen LogP contribution >= 0.6 is 0 Å². The molecular formula is C13H30N2O3. The third-order valence-corrected chi connectivity index (χ3v) is 2.88. The summed E-state index contributed by atoms with van der Waals surface area (Å²) in [6.07, 6.45) is 0.774. The molecule has 0 aliphatic heterocycles. The molecule has 1 unspecified atom stereocenters. The second kappa shape index (κ2) is 13.2. The van der Waals surface area contributed by atoms with Crippen molar-refractivity contribution in [1.82, 2.24) is 10.2 Å². The molecule has 0 bridgehead atoms. The molecule has 0 saturated carbocycles. The maximum absolute atomic E-state index is 9.00. The summed E-state index contributed by atoms with van der Waals surface area (Å²) in [4.78, 5) is 2.32. The van der Waals surface area contributed by atoms with Crippen LogP contribution in [-0.4, -0.2) is 75.8 Å². The van der Waals surface area contributed by atoms with Crippen molar-refractivity contribution in [3.8, 4) is 0 Å². The van der Waals surface area contributed by atoms with Crippen LogP contribution in [0, 0.1) is 0 Å². The van der Waals surface area contributed by atoms with Gasteiger partial charge in [-0.2, -0.15) is 0 Å². The lowest BCUT2D eigenvalue weighted by Crippen LogP contribution is -2.42. The van der Waals surface area contributed by atoms with Crippen molar-refractivity contribution in [3.05, 3.63) is 0 Å². The zero-order valence-electron chi connectivity index (χ0n) is 12.2. The van der Waals surface area contributed by atoms with Gasteiger partial charge in [0.05, 0.1) is 13.2 Å². The van der Waals surface area contributed by atoms with Crippen molar-refractivity contribution < 1.29 is 14.6 Å². The zero-order chi connectivity index (χ0) is 13.6. The van der Waals surface area contributed by atoms with Crippen LogP contribution in [0.15, 0.2) is 0 Å². The monoisotopic (exact) mass is 262 g/mol. The first-order valence-corrected chi connectivity index (χ1v) is 6.94. The van der Waals surface area contributed by atoms with Crippen molar-refractivity contribution >= 4 is 0 Å². The summed E-state index contributed by atoms with van der Waals surface area (Å²) in [5.41, 5.74) is 0. The molecule has 0 radical (unpaired) electrons. The van der Waals surface area contributed by atoms with Gasteiger partial charge in [-0.05, 0) is 27.3 Å². The number of aliphatic hydroxyl groups is 1. The van der Waals surface area contributed by atoms with Crippen LogP contribution in [-0.2, 0) is 9.47 Å². The summed E-state index contributed by atoms with van der Waals surface area (Å²) in [5.74, 6) is 0. The number of nitrogens with zero attached hydrogens (tertiary/aromatic N) is 1. The number of ether oxygens (including phenoxy) is 2. The Labute approximate surface area is 111 Å². The molecular weight excluding hydrogens is 232 g/mol. The topological polar surface area (TPSA) is 54.0 Å². The van der Waals surface area contributed by atoms with Crippen LogP contribution in [0.3, 0.4) is 0 Å². The fraction of sp³-hybridized carbons (Fsp3) is 1.00. The number of hydrogen-bond donors (Lipinski definition) is 2. The van der Waals surface area contributed by atoms with Crippen LogP contribution in [0.4, 0.5) is 0 Å². The lowest BCUT2D eigenvalue weighted by molar-refractivity contribution is 0.0771. The molecule has 110 valence electrons. The molecule has 0 saturated heterocycles. The van der Waals surface area contributed by atoms with Crippen molar-refractivity contribution in [1.29, 1.82) is 0 Å². The van der Waals surface area contributed by atoms with Crippen LogP contribution in [0.1, 0.15) is 20.3 Å². The Kier molecular flexibility index (Phi) is 13.1. The number of nitrogens with one attached hydrogen (secondary N) is 1. The number of likely N-dealkylation sites (N-methyl/N-ethyl adjacent to an activating group) is 1. The highest BCUT2D eigenvalue weighted by Gasteiger charge is 2.12. The SMILES string of the molecule is CCOCCN(CCOCC)CC(CCO)NC. The van der Waals surface area contributed by atoms with E-state index in [2.05, 4.69) is 10.2 Å². The Morgan fingerprint density at radius 2 is 1.67 bits per heavy atom. The van der Waals surface area contributed by atoms with Gasteiger partial charge in [0, 0.05) is 45.5 Å². The third kappa shape index (κ3) is 9.79. The molecule has 0 aromatic carbocycles. The molecule has 2 N–H and O–H groups in total. The van der Waals surface area contributed by atoms with E-state index in [0.29, 0.717) is 6.04 Å². The maximum atomic E-state index is 9.00. The van der Waals surface area contributed by atoms with Gasteiger partial charge >= 0.3 is 0 Å². The van der Waals surface area contributed by atoms with Gasteiger partial charge in [-0.25, -0.2) is 0 Å². The molecule has 18 heavy (non-hydrogen) atoms. The van der Waals surface area contributed by atoms with E-state index in [1.165, 1.54) is 0 Å². The van der Waals surface area contributed by atoms with Gasteiger partial charge in [-0.3, -0.25) is 4.90 Å². The van der Waals surface area contributed by atoms with Gasteiger partial charge in [0.2, 0.25) is 0 Å². The van der Waals surface area contributed by atoms with E-state index in [-0.39, 0.29) is 6.61 Å². The van der Waals surface area contributed by atoms with Gasteiger partial charge in [-0.1, -0.05) is 0 Å². The second-order valence-corrected chi connectivity index (χ2v) is 4.19. The number of rotatable bonds is 13. The Morgan fingerprint density at radius 1 is 1.11 bits per heavy atom. The molecule has 0 aliphatic rings. The molecule has 0 aliphatic carbocycles. The highest BCUT2D eigenvalue weighted by atomic mass is 16.5. The Morgan fingerprint density at radius 3 is 2.06 bits per heavy atom. The first-order chi connectivity index (χ1) is 8.78. The average Bonchev–Trinajstić information content (AvgIpc) is 2.38. The van der Waals surface area contributed by atoms with Crippen molar-refractivity contribution in [3.63, 3.8) is 0 Å². The van der Waals surface area contributed by atoms with Crippen molar-refractivity contribution in [2.45, 2.75) is 26.3 Å². The summed E-state index contributed by atoms with van der Waals surface area (Å²) < 4.78 is 10.8. The van der Waals surface area contributed by atoms with E-state index in [1.54, 1.807) is 0 Å². The Bertz CT molecular complexity index is 160. The normalized spacial score (nSPS) is 13.2. The van der Waals surface area contributed by atoms with Gasteiger partial charge in [0.25, 0.3) is 0 Å². The van der Waals surface area contributed by atoms with Crippen molar-refractivity contribution in [2.24, 2.45) is 0 Å². The minimum absolute atomic E-state index is 0.219. The molecule has 1 atom stereocenters. The molecule has 0 aromatic heterocycles. The molecule has 0 amide bonds. The van der Waals surface area contributed by atoms with E-state index >= 15 is 0 Å². The summed E-state index contributed by atoms with van der Waals surface area (Å²) in [5, 5.41) is 12.2. The van der Waals surface area contributed by atoms with Crippen LogP contribution < -0.4 is 5.32 Å². The predicted molar refractivity (Wildman–Crippen MR) is 74.0 cm³/mol. The van der Waals surface area contributed by atoms with Crippen LogP contribution in [0.25, 0.3) is 0 Å². The summed E-state index contributed by atoms with van der Waals surface area (Å²) in [7, 11) is 1.93. The Hall–Kier alpha value is -0.200. The first kappa shape index (κ1) is 17.8. The van der Waals surface area contributed by atoms with Crippen molar-refractivity contribution in [2.75, 3.05) is 59.7 Å². The van der Waals surface area contributed by atoms with Gasteiger partial charge in [-0.15, -0.1) is 0 Å². The molecule has 5 heteroatoms. The molecule has 0 aromatic rings. The lowest BCUT2D eigenvalue weighted by Gasteiger charge is -2.27. The average molecular weight is 262 g/mol. The number of hydrogen-bond acceptors (Lipinski definition) is 5. The molecule has 0 fully saturated rings. The molecule has 0 rings (SSSR count). The fourth-order valence-corrected chi connectivity index (χ4v) is 1.76. The van der Waals surface area contributed by atoms with Gasteiger partial charge in [0.15, 0.2) is 0 Å². The van der Waals surface area contributed by atoms with E-state index < -0.39 is 0 Å². The largest absolute Gasteiger partial charge is 0.396 e. The minimum Gasteiger partial charge on any atom is -0.396 e. The second-order valence-electron chi connectivity index (χ2n) is 4.19. The van der Waals surface area contributed by atoms with E-state index in [4.69, 9.17) is 14.6 Å². The van der Waals surface area contributed by atoms with E-state index in [0.717, 1.165) is 52.5 Å². The predicted octanol–water partition coefficient (Wildman–Crippen LogP) is 0.332. The first-order valence-electron chi connectivity index (χ1n) is 6.94. The van der Waals surface area contributed by atoms with E-state index in [9.17, 15) is 0 Å².